The largest absolute Gasteiger partial charge is 0.394 e. The van der Waals surface area contributed by atoms with Gasteiger partial charge >= 0.3 is 0 Å². The number of thiophene rings is 1. The molecule has 0 fully saturated rings. The third-order valence-corrected chi connectivity index (χ3v) is 5.77. The molecule has 1 atom stereocenters. The summed E-state index contributed by atoms with van der Waals surface area (Å²) in [5.74, 6) is 0. The van der Waals surface area contributed by atoms with E-state index in [1.165, 1.54) is 22.5 Å². The molecule has 1 unspecified atom stereocenters. The van der Waals surface area contributed by atoms with Crippen LogP contribution in [0, 0.1) is 0 Å². The topological polar surface area (TPSA) is 67.2 Å². The van der Waals surface area contributed by atoms with Crippen LogP contribution in [0.2, 0.25) is 0 Å². The van der Waals surface area contributed by atoms with Gasteiger partial charge in [0.05, 0.1) is 24.0 Å². The number of fused-ring (bicyclic) bond motifs is 2. The summed E-state index contributed by atoms with van der Waals surface area (Å²) in [6, 6.07) is 10.1. The maximum absolute atomic E-state index is 12.4. The molecule has 24 heavy (non-hydrogen) atoms. The summed E-state index contributed by atoms with van der Waals surface area (Å²) in [6.07, 6.45) is 3.44. The second-order valence-corrected chi connectivity index (χ2v) is 7.12. The van der Waals surface area contributed by atoms with Crippen LogP contribution in [-0.2, 0) is 18.5 Å². The average molecular weight is 341 g/mol. The Balaban J connectivity index is 1.52. The SMILES string of the molecule is O=c1c2sccc2ncn1CCNC1(CO)CCc2ccccc21. The van der Waals surface area contributed by atoms with E-state index < -0.39 is 5.54 Å². The normalized spacial score (nSPS) is 19.7. The van der Waals surface area contributed by atoms with Crippen molar-refractivity contribution < 1.29 is 5.11 Å². The van der Waals surface area contributed by atoms with Gasteiger partial charge in [-0.15, -0.1) is 11.3 Å². The number of hydrogen-bond acceptors (Lipinski definition) is 5. The molecule has 5 nitrogen and oxygen atoms in total. The van der Waals surface area contributed by atoms with Crippen LogP contribution in [0.25, 0.3) is 10.2 Å². The molecule has 0 spiro atoms. The first-order valence-electron chi connectivity index (χ1n) is 8.10. The van der Waals surface area contributed by atoms with Crippen LogP contribution in [0.1, 0.15) is 17.5 Å². The number of aromatic nitrogens is 2. The average Bonchev–Trinajstić information content (AvgIpc) is 3.23. The summed E-state index contributed by atoms with van der Waals surface area (Å²) in [7, 11) is 0. The molecular formula is C18H19N3O2S. The van der Waals surface area contributed by atoms with Crippen LogP contribution < -0.4 is 10.9 Å². The van der Waals surface area contributed by atoms with E-state index in [2.05, 4.69) is 22.4 Å². The van der Waals surface area contributed by atoms with Gasteiger partial charge in [-0.25, -0.2) is 4.98 Å². The number of nitrogens with one attached hydrogen (secondary N) is 1. The van der Waals surface area contributed by atoms with Gasteiger partial charge < -0.3 is 10.4 Å². The molecule has 3 aromatic rings. The molecule has 0 radical (unpaired) electrons. The van der Waals surface area contributed by atoms with Crippen LogP contribution >= 0.6 is 11.3 Å². The maximum Gasteiger partial charge on any atom is 0.271 e. The second kappa shape index (κ2) is 6.12. The second-order valence-electron chi connectivity index (χ2n) is 6.20. The number of hydrogen-bond donors (Lipinski definition) is 2. The van der Waals surface area contributed by atoms with Crippen LogP contribution in [-0.4, -0.2) is 27.8 Å². The molecule has 0 bridgehead atoms. The summed E-state index contributed by atoms with van der Waals surface area (Å²) in [5.41, 5.74) is 2.82. The third-order valence-electron chi connectivity index (χ3n) is 4.88. The predicted molar refractivity (Wildman–Crippen MR) is 95.4 cm³/mol. The zero-order chi connectivity index (χ0) is 16.6. The van der Waals surface area contributed by atoms with Gasteiger partial charge in [0.15, 0.2) is 0 Å². The Morgan fingerprint density at radius 2 is 2.21 bits per heavy atom. The fourth-order valence-electron chi connectivity index (χ4n) is 3.55. The van der Waals surface area contributed by atoms with E-state index in [9.17, 15) is 9.90 Å². The van der Waals surface area contributed by atoms with Gasteiger partial charge in [0.1, 0.15) is 4.70 Å². The molecule has 0 aliphatic heterocycles. The molecule has 124 valence electrons. The quantitative estimate of drug-likeness (QED) is 0.744. The van der Waals surface area contributed by atoms with Crippen molar-refractivity contribution in [3.05, 3.63) is 63.5 Å². The Labute approximate surface area is 143 Å². The number of aliphatic hydroxyl groups excluding tert-OH is 1. The first kappa shape index (κ1) is 15.5. The molecular weight excluding hydrogens is 322 g/mol. The predicted octanol–water partition coefficient (Wildman–Crippen LogP) is 1.88. The van der Waals surface area contributed by atoms with Gasteiger partial charge in [0.25, 0.3) is 5.56 Å². The van der Waals surface area contributed by atoms with Crippen LogP contribution in [0.5, 0.6) is 0 Å². The van der Waals surface area contributed by atoms with Crippen molar-refractivity contribution in [1.29, 1.82) is 0 Å². The highest BCUT2D eigenvalue weighted by Crippen LogP contribution is 2.36. The molecule has 1 aliphatic rings. The summed E-state index contributed by atoms with van der Waals surface area (Å²) in [5, 5.41) is 15.4. The van der Waals surface area contributed by atoms with E-state index in [-0.39, 0.29) is 12.2 Å². The van der Waals surface area contributed by atoms with Crippen molar-refractivity contribution in [3.63, 3.8) is 0 Å². The first-order valence-corrected chi connectivity index (χ1v) is 8.98. The third kappa shape index (κ3) is 2.47. The maximum atomic E-state index is 12.4. The Bertz CT molecular complexity index is 933. The monoisotopic (exact) mass is 341 g/mol. The Hall–Kier alpha value is -2.02. The minimum Gasteiger partial charge on any atom is -0.394 e. The number of aliphatic hydroxyl groups is 1. The van der Waals surface area contributed by atoms with E-state index in [0.717, 1.165) is 18.4 Å². The van der Waals surface area contributed by atoms with Crippen molar-refractivity contribution in [2.24, 2.45) is 0 Å². The first-order chi connectivity index (χ1) is 11.7. The van der Waals surface area contributed by atoms with Crippen molar-refractivity contribution in [2.45, 2.75) is 24.9 Å². The lowest BCUT2D eigenvalue weighted by molar-refractivity contribution is 0.159. The summed E-state index contributed by atoms with van der Waals surface area (Å²) < 4.78 is 2.33. The summed E-state index contributed by atoms with van der Waals surface area (Å²) in [4.78, 5) is 16.7. The van der Waals surface area contributed by atoms with Gasteiger partial charge in [-0.05, 0) is 35.4 Å². The Morgan fingerprint density at radius 3 is 3.08 bits per heavy atom. The van der Waals surface area contributed by atoms with Gasteiger partial charge in [-0.2, -0.15) is 0 Å². The lowest BCUT2D eigenvalue weighted by atomic mass is 9.92. The molecule has 0 saturated carbocycles. The fraction of sp³-hybridized carbons (Fsp3) is 0.333. The van der Waals surface area contributed by atoms with Crippen molar-refractivity contribution >= 4 is 21.6 Å². The molecule has 1 aromatic carbocycles. The number of aryl methyl sites for hydroxylation is 1. The summed E-state index contributed by atoms with van der Waals surface area (Å²) in [6.45, 7) is 1.19. The Kier molecular flexibility index (Phi) is 3.96. The molecule has 0 saturated heterocycles. The number of rotatable bonds is 5. The zero-order valence-electron chi connectivity index (χ0n) is 13.2. The molecule has 2 aromatic heterocycles. The Morgan fingerprint density at radius 1 is 1.33 bits per heavy atom. The van der Waals surface area contributed by atoms with Crippen molar-refractivity contribution in [3.8, 4) is 0 Å². The molecule has 4 rings (SSSR count). The highest BCUT2D eigenvalue weighted by atomic mass is 32.1. The lowest BCUT2D eigenvalue weighted by Crippen LogP contribution is -2.45. The van der Waals surface area contributed by atoms with Gasteiger partial charge in [-0.1, -0.05) is 24.3 Å². The van der Waals surface area contributed by atoms with Crippen molar-refractivity contribution in [1.82, 2.24) is 14.9 Å². The van der Waals surface area contributed by atoms with Gasteiger partial charge in [0, 0.05) is 13.1 Å². The van der Waals surface area contributed by atoms with Gasteiger partial charge in [0.2, 0.25) is 0 Å². The van der Waals surface area contributed by atoms with Crippen molar-refractivity contribution in [2.75, 3.05) is 13.2 Å². The molecule has 6 heteroatoms. The molecule has 2 heterocycles. The van der Waals surface area contributed by atoms with Crippen LogP contribution in [0.3, 0.4) is 0 Å². The van der Waals surface area contributed by atoms with E-state index in [4.69, 9.17) is 0 Å². The van der Waals surface area contributed by atoms with E-state index >= 15 is 0 Å². The van der Waals surface area contributed by atoms with E-state index in [1.54, 1.807) is 10.9 Å². The van der Waals surface area contributed by atoms with Crippen LogP contribution in [0.15, 0.2) is 46.8 Å². The minimum atomic E-state index is -0.402. The number of nitrogens with zero attached hydrogens (tertiary/aromatic N) is 2. The standard InChI is InChI=1S/C18H19N3O2S/c22-11-18(7-5-13-3-1-2-4-14(13)18)20-8-9-21-12-19-15-6-10-24-16(15)17(21)23/h1-4,6,10,12,20,22H,5,7-9,11H2. The lowest BCUT2D eigenvalue weighted by Gasteiger charge is -2.30. The van der Waals surface area contributed by atoms with E-state index in [0.29, 0.717) is 17.8 Å². The molecule has 1 aliphatic carbocycles. The highest BCUT2D eigenvalue weighted by molar-refractivity contribution is 7.17. The zero-order valence-corrected chi connectivity index (χ0v) is 14.1. The fourth-order valence-corrected chi connectivity index (χ4v) is 4.34. The molecule has 0 amide bonds. The number of benzene rings is 1. The molecule has 2 N–H and O–H groups in total. The highest BCUT2D eigenvalue weighted by Gasteiger charge is 2.37. The smallest absolute Gasteiger partial charge is 0.271 e. The summed E-state index contributed by atoms with van der Waals surface area (Å²) >= 11 is 1.43. The van der Waals surface area contributed by atoms with E-state index in [1.807, 2.05) is 23.6 Å². The minimum absolute atomic E-state index is 0.00155. The van der Waals surface area contributed by atoms with Gasteiger partial charge in [-0.3, -0.25) is 9.36 Å². The van der Waals surface area contributed by atoms with Crippen LogP contribution in [0.4, 0.5) is 0 Å².